The topological polar surface area (TPSA) is 105 Å². The van der Waals surface area contributed by atoms with E-state index < -0.39 is 24.3 Å². The van der Waals surface area contributed by atoms with E-state index >= 15 is 0 Å². The van der Waals surface area contributed by atoms with Crippen molar-refractivity contribution >= 4 is 35.0 Å². The van der Waals surface area contributed by atoms with E-state index in [9.17, 15) is 19.2 Å². The zero-order valence-corrected chi connectivity index (χ0v) is 22.0. The van der Waals surface area contributed by atoms with Crippen LogP contribution in [-0.2, 0) is 15.0 Å². The molecule has 3 aromatic rings. The average Bonchev–Trinajstić information content (AvgIpc) is 3.14. The van der Waals surface area contributed by atoms with E-state index in [2.05, 4.69) is 26.1 Å². The van der Waals surface area contributed by atoms with Crippen LogP contribution in [0.2, 0.25) is 0 Å². The number of ether oxygens (including phenoxy) is 2. The van der Waals surface area contributed by atoms with Crippen molar-refractivity contribution in [3.8, 4) is 11.5 Å². The summed E-state index contributed by atoms with van der Waals surface area (Å²) in [5.74, 6) is -0.575. The molecule has 0 spiro atoms. The molecule has 2 aliphatic rings. The lowest BCUT2D eigenvalue weighted by Crippen LogP contribution is -2.41. The van der Waals surface area contributed by atoms with Crippen LogP contribution in [0.25, 0.3) is 0 Å². The number of amides is 4. The van der Waals surface area contributed by atoms with Crippen LogP contribution in [0.15, 0.2) is 66.7 Å². The predicted octanol–water partition coefficient (Wildman–Crippen LogP) is 4.02. The van der Waals surface area contributed by atoms with E-state index in [1.165, 1.54) is 5.56 Å². The Morgan fingerprint density at radius 1 is 0.923 bits per heavy atom. The zero-order chi connectivity index (χ0) is 27.7. The number of imide groups is 1. The minimum atomic E-state index is -0.541. The Bertz CT molecular complexity index is 1420. The Labute approximate surface area is 226 Å². The Morgan fingerprint density at radius 3 is 2.23 bits per heavy atom. The number of hydrogen-bond donors (Lipinski definition) is 1. The molecule has 0 atom stereocenters. The standard InChI is InChI=1S/C30H29N3O6/c1-30(2,3)19-8-11-21(12-9-19)38-15-14-32-24-16-20(10-13-25(24)39-18-27(32)35)31-26(34)17-33-28(36)22-6-4-5-7-23(22)29(33)37/h4-13,16H,14-15,17-18H2,1-3H3,(H,31,34). The van der Waals surface area contributed by atoms with Crippen LogP contribution >= 0.6 is 0 Å². The third-order valence-electron chi connectivity index (χ3n) is 6.67. The number of fused-ring (bicyclic) bond motifs is 2. The Hall–Kier alpha value is -4.66. The van der Waals surface area contributed by atoms with Gasteiger partial charge in [0.25, 0.3) is 17.7 Å². The maximum absolute atomic E-state index is 12.8. The van der Waals surface area contributed by atoms with Crippen LogP contribution in [0.4, 0.5) is 11.4 Å². The molecule has 2 heterocycles. The van der Waals surface area contributed by atoms with E-state index in [0.717, 1.165) is 4.90 Å². The molecule has 0 unspecified atom stereocenters. The smallest absolute Gasteiger partial charge is 0.265 e. The fourth-order valence-corrected chi connectivity index (χ4v) is 4.56. The molecular weight excluding hydrogens is 498 g/mol. The summed E-state index contributed by atoms with van der Waals surface area (Å²) in [6.07, 6.45) is 0. The maximum Gasteiger partial charge on any atom is 0.265 e. The van der Waals surface area contributed by atoms with E-state index in [4.69, 9.17) is 9.47 Å². The largest absolute Gasteiger partial charge is 0.492 e. The quantitative estimate of drug-likeness (QED) is 0.466. The number of anilines is 2. The summed E-state index contributed by atoms with van der Waals surface area (Å²) < 4.78 is 11.4. The zero-order valence-electron chi connectivity index (χ0n) is 22.0. The molecule has 0 saturated heterocycles. The highest BCUT2D eigenvalue weighted by Crippen LogP contribution is 2.35. The van der Waals surface area contributed by atoms with E-state index in [-0.39, 0.29) is 42.2 Å². The minimum Gasteiger partial charge on any atom is -0.492 e. The van der Waals surface area contributed by atoms with Crippen molar-refractivity contribution in [1.82, 2.24) is 4.90 Å². The molecule has 0 bridgehead atoms. The molecule has 1 N–H and O–H groups in total. The summed E-state index contributed by atoms with van der Waals surface area (Å²) in [6.45, 7) is 6.45. The summed E-state index contributed by atoms with van der Waals surface area (Å²) >= 11 is 0. The van der Waals surface area contributed by atoms with Crippen molar-refractivity contribution < 1.29 is 28.7 Å². The second-order valence-electron chi connectivity index (χ2n) is 10.4. The molecule has 39 heavy (non-hydrogen) atoms. The fourth-order valence-electron chi connectivity index (χ4n) is 4.56. The van der Waals surface area contributed by atoms with Crippen LogP contribution in [-0.4, -0.2) is 54.8 Å². The van der Waals surface area contributed by atoms with Crippen molar-refractivity contribution in [2.24, 2.45) is 0 Å². The molecule has 3 aromatic carbocycles. The molecular formula is C30H29N3O6. The molecule has 2 aliphatic heterocycles. The second kappa shape index (κ2) is 10.2. The monoisotopic (exact) mass is 527 g/mol. The van der Waals surface area contributed by atoms with Gasteiger partial charge in [-0.15, -0.1) is 0 Å². The third kappa shape index (κ3) is 5.34. The summed E-state index contributed by atoms with van der Waals surface area (Å²) in [7, 11) is 0. The summed E-state index contributed by atoms with van der Waals surface area (Å²) in [6, 6.07) is 19.3. The number of benzene rings is 3. The van der Waals surface area contributed by atoms with Crippen molar-refractivity contribution in [1.29, 1.82) is 0 Å². The molecule has 9 nitrogen and oxygen atoms in total. The van der Waals surface area contributed by atoms with Crippen molar-refractivity contribution in [3.05, 3.63) is 83.4 Å². The normalized spacial score (nSPS) is 14.6. The Kier molecular flexibility index (Phi) is 6.82. The van der Waals surface area contributed by atoms with Crippen LogP contribution in [0, 0.1) is 0 Å². The van der Waals surface area contributed by atoms with Gasteiger partial charge in [0.1, 0.15) is 24.7 Å². The summed E-state index contributed by atoms with van der Waals surface area (Å²) in [5.41, 5.74) is 2.70. The minimum absolute atomic E-state index is 0.0418. The summed E-state index contributed by atoms with van der Waals surface area (Å²) in [5, 5.41) is 2.71. The van der Waals surface area contributed by atoms with Gasteiger partial charge in [-0.1, -0.05) is 45.0 Å². The molecule has 0 aliphatic carbocycles. The maximum atomic E-state index is 12.8. The van der Waals surface area contributed by atoms with Gasteiger partial charge in [0.05, 0.1) is 23.4 Å². The number of carbonyl (C=O) groups is 4. The Morgan fingerprint density at radius 2 is 1.59 bits per heavy atom. The molecule has 4 amide bonds. The van der Waals surface area contributed by atoms with Crippen molar-refractivity contribution in [2.45, 2.75) is 26.2 Å². The second-order valence-corrected chi connectivity index (χ2v) is 10.4. The lowest BCUT2D eigenvalue weighted by Gasteiger charge is -2.30. The average molecular weight is 528 g/mol. The summed E-state index contributed by atoms with van der Waals surface area (Å²) in [4.78, 5) is 53.1. The van der Waals surface area contributed by atoms with Gasteiger partial charge >= 0.3 is 0 Å². The van der Waals surface area contributed by atoms with Gasteiger partial charge in [0, 0.05) is 5.69 Å². The lowest BCUT2D eigenvalue weighted by molar-refractivity contribution is -0.121. The van der Waals surface area contributed by atoms with E-state index in [1.54, 1.807) is 47.4 Å². The van der Waals surface area contributed by atoms with E-state index in [0.29, 0.717) is 22.9 Å². The van der Waals surface area contributed by atoms with Gasteiger partial charge in [-0.05, 0) is 53.4 Å². The highest BCUT2D eigenvalue weighted by Gasteiger charge is 2.36. The van der Waals surface area contributed by atoms with Crippen molar-refractivity contribution in [2.75, 3.05) is 36.5 Å². The molecule has 0 fully saturated rings. The molecule has 0 radical (unpaired) electrons. The molecule has 5 rings (SSSR count). The number of nitrogens with zero attached hydrogens (tertiary/aromatic N) is 2. The van der Waals surface area contributed by atoms with Crippen LogP contribution in [0.1, 0.15) is 47.1 Å². The highest BCUT2D eigenvalue weighted by molar-refractivity contribution is 6.22. The number of rotatable bonds is 7. The van der Waals surface area contributed by atoms with Crippen LogP contribution < -0.4 is 19.7 Å². The van der Waals surface area contributed by atoms with Gasteiger partial charge in [-0.3, -0.25) is 24.1 Å². The first-order valence-electron chi connectivity index (χ1n) is 12.7. The van der Waals surface area contributed by atoms with Crippen molar-refractivity contribution in [3.63, 3.8) is 0 Å². The number of hydrogen-bond acceptors (Lipinski definition) is 6. The van der Waals surface area contributed by atoms with Crippen LogP contribution in [0.3, 0.4) is 0 Å². The van der Waals surface area contributed by atoms with Gasteiger partial charge in [-0.25, -0.2) is 0 Å². The Balaban J connectivity index is 1.23. The first kappa shape index (κ1) is 26.0. The lowest BCUT2D eigenvalue weighted by atomic mass is 9.87. The van der Waals surface area contributed by atoms with Gasteiger partial charge in [0.2, 0.25) is 5.91 Å². The predicted molar refractivity (Wildman–Crippen MR) is 145 cm³/mol. The van der Waals surface area contributed by atoms with E-state index in [1.807, 2.05) is 24.3 Å². The highest BCUT2D eigenvalue weighted by atomic mass is 16.5. The first-order valence-corrected chi connectivity index (χ1v) is 12.7. The fraction of sp³-hybridized carbons (Fsp3) is 0.267. The molecule has 9 heteroatoms. The molecule has 200 valence electrons. The number of carbonyl (C=O) groups excluding carboxylic acids is 4. The molecule has 0 saturated carbocycles. The number of nitrogens with one attached hydrogen (secondary N) is 1. The van der Waals surface area contributed by atoms with Crippen LogP contribution in [0.5, 0.6) is 11.5 Å². The van der Waals surface area contributed by atoms with Gasteiger partial charge in [0.15, 0.2) is 6.61 Å². The SMILES string of the molecule is CC(C)(C)c1ccc(OCCN2C(=O)COc3ccc(NC(=O)CN4C(=O)c5ccccc5C4=O)cc32)cc1. The molecule has 0 aromatic heterocycles. The van der Waals surface area contributed by atoms with Gasteiger partial charge in [-0.2, -0.15) is 0 Å². The van der Waals surface area contributed by atoms with Gasteiger partial charge < -0.3 is 19.7 Å². The first-order chi connectivity index (χ1) is 18.6. The third-order valence-corrected chi connectivity index (χ3v) is 6.67.